The molecule has 2 N–H and O–H groups in total. The minimum Gasteiger partial charge on any atom is -0.495 e. The molecule has 0 atom stereocenters. The van der Waals surface area contributed by atoms with Gasteiger partial charge in [0.2, 0.25) is 0 Å². The van der Waals surface area contributed by atoms with Crippen molar-refractivity contribution in [2.75, 3.05) is 17.7 Å². The molecule has 0 aliphatic heterocycles. The number of hydrogen-bond acceptors (Lipinski definition) is 5. The number of nitrogens with one attached hydrogen (secondary N) is 2. The Morgan fingerprint density at radius 1 is 1.00 bits per heavy atom. The Hall–Kier alpha value is -2.79. The van der Waals surface area contributed by atoms with Gasteiger partial charge < -0.3 is 15.4 Å². The third-order valence-electron chi connectivity index (χ3n) is 3.41. The molecule has 0 saturated carbocycles. The molecule has 0 fully saturated rings. The van der Waals surface area contributed by atoms with Crippen molar-refractivity contribution in [1.29, 1.82) is 0 Å². The van der Waals surface area contributed by atoms with Gasteiger partial charge in [-0.2, -0.15) is 0 Å². The maximum Gasteiger partial charge on any atom is 0.137 e. The first-order valence-corrected chi connectivity index (χ1v) is 7.83. The van der Waals surface area contributed by atoms with E-state index in [9.17, 15) is 0 Å². The molecule has 3 rings (SSSR count). The van der Waals surface area contributed by atoms with Crippen LogP contribution in [0.3, 0.4) is 0 Å². The van der Waals surface area contributed by atoms with Crippen LogP contribution in [-0.2, 0) is 6.54 Å². The normalized spacial score (nSPS) is 10.2. The number of anilines is 3. The summed E-state index contributed by atoms with van der Waals surface area (Å²) in [6.45, 7) is 0.700. The van der Waals surface area contributed by atoms with Gasteiger partial charge in [-0.05, 0) is 23.8 Å². The summed E-state index contributed by atoms with van der Waals surface area (Å²) in [6, 6.07) is 17.5. The summed E-state index contributed by atoms with van der Waals surface area (Å²) in [4.78, 5) is 8.46. The molecule has 1 heterocycles. The van der Waals surface area contributed by atoms with Gasteiger partial charge in [0.25, 0.3) is 0 Å². The molecular formula is C18H17ClN4O. The molecular weight excluding hydrogens is 324 g/mol. The van der Waals surface area contributed by atoms with Gasteiger partial charge in [0.15, 0.2) is 0 Å². The van der Waals surface area contributed by atoms with Crippen LogP contribution in [0.1, 0.15) is 5.56 Å². The Morgan fingerprint density at radius 2 is 1.79 bits per heavy atom. The molecule has 0 aliphatic carbocycles. The van der Waals surface area contributed by atoms with Crippen LogP contribution in [0.2, 0.25) is 5.02 Å². The lowest BCUT2D eigenvalue weighted by Gasteiger charge is -2.10. The van der Waals surface area contributed by atoms with Gasteiger partial charge >= 0.3 is 0 Å². The van der Waals surface area contributed by atoms with Gasteiger partial charge in [-0.25, -0.2) is 9.97 Å². The van der Waals surface area contributed by atoms with E-state index in [1.54, 1.807) is 19.2 Å². The number of methoxy groups -OCH3 is 1. The second-order valence-electron chi connectivity index (χ2n) is 5.10. The number of ether oxygens (including phenoxy) is 1. The maximum atomic E-state index is 6.13. The molecule has 0 aliphatic rings. The highest BCUT2D eigenvalue weighted by Crippen LogP contribution is 2.28. The third kappa shape index (κ3) is 4.14. The van der Waals surface area contributed by atoms with Crippen LogP contribution >= 0.6 is 11.6 Å². The topological polar surface area (TPSA) is 59.1 Å². The van der Waals surface area contributed by atoms with Gasteiger partial charge in [-0.1, -0.05) is 41.9 Å². The van der Waals surface area contributed by atoms with E-state index in [1.165, 1.54) is 11.9 Å². The number of rotatable bonds is 6. The first kappa shape index (κ1) is 16.1. The fourth-order valence-electron chi connectivity index (χ4n) is 2.20. The summed E-state index contributed by atoms with van der Waals surface area (Å²) >= 11 is 6.13. The van der Waals surface area contributed by atoms with Crippen LogP contribution in [0.15, 0.2) is 60.9 Å². The van der Waals surface area contributed by atoms with Crippen molar-refractivity contribution in [1.82, 2.24) is 9.97 Å². The van der Waals surface area contributed by atoms with E-state index in [4.69, 9.17) is 16.3 Å². The van der Waals surface area contributed by atoms with Gasteiger partial charge in [-0.3, -0.25) is 0 Å². The molecule has 24 heavy (non-hydrogen) atoms. The molecule has 0 bridgehead atoms. The molecule has 0 radical (unpaired) electrons. The smallest absolute Gasteiger partial charge is 0.137 e. The van der Waals surface area contributed by atoms with Crippen molar-refractivity contribution >= 4 is 28.9 Å². The van der Waals surface area contributed by atoms with E-state index in [0.717, 1.165) is 11.5 Å². The lowest BCUT2D eigenvalue weighted by atomic mass is 10.2. The summed E-state index contributed by atoms with van der Waals surface area (Å²) < 4.78 is 5.15. The summed E-state index contributed by atoms with van der Waals surface area (Å²) in [7, 11) is 1.59. The van der Waals surface area contributed by atoms with E-state index in [-0.39, 0.29) is 0 Å². The zero-order chi connectivity index (χ0) is 16.8. The highest BCUT2D eigenvalue weighted by molar-refractivity contribution is 6.32. The molecule has 6 heteroatoms. The Bertz CT molecular complexity index is 811. The predicted octanol–water partition coefficient (Wildman–Crippen LogP) is 4.49. The van der Waals surface area contributed by atoms with Crippen molar-refractivity contribution < 1.29 is 4.74 Å². The molecule has 0 unspecified atom stereocenters. The van der Waals surface area contributed by atoms with Crippen LogP contribution < -0.4 is 15.4 Å². The SMILES string of the molecule is COc1ccc(Nc2cc(NCc3ccccc3)ncn2)cc1Cl. The zero-order valence-corrected chi connectivity index (χ0v) is 13.9. The monoisotopic (exact) mass is 340 g/mol. The Labute approximate surface area is 145 Å². The van der Waals surface area contributed by atoms with Crippen molar-refractivity contribution in [3.05, 3.63) is 71.5 Å². The molecule has 0 amide bonds. The van der Waals surface area contributed by atoms with Crippen molar-refractivity contribution in [3.8, 4) is 5.75 Å². The molecule has 0 saturated heterocycles. The van der Waals surface area contributed by atoms with Crippen LogP contribution in [0.4, 0.5) is 17.3 Å². The van der Waals surface area contributed by atoms with Crippen LogP contribution in [0, 0.1) is 0 Å². The predicted molar refractivity (Wildman–Crippen MR) is 97.1 cm³/mol. The number of benzene rings is 2. The van der Waals surface area contributed by atoms with Gasteiger partial charge in [0.05, 0.1) is 12.1 Å². The van der Waals surface area contributed by atoms with Crippen molar-refractivity contribution in [2.24, 2.45) is 0 Å². The van der Waals surface area contributed by atoms with Gasteiger partial charge in [0.1, 0.15) is 23.7 Å². The summed E-state index contributed by atoms with van der Waals surface area (Å²) in [5.41, 5.74) is 2.01. The number of aromatic nitrogens is 2. The average molecular weight is 341 g/mol. The van der Waals surface area contributed by atoms with E-state index in [0.29, 0.717) is 23.1 Å². The second-order valence-corrected chi connectivity index (χ2v) is 5.51. The van der Waals surface area contributed by atoms with Gasteiger partial charge in [0, 0.05) is 18.3 Å². The van der Waals surface area contributed by atoms with E-state index in [1.807, 2.05) is 30.3 Å². The number of hydrogen-bond donors (Lipinski definition) is 2. The molecule has 122 valence electrons. The Balaban J connectivity index is 1.67. The Morgan fingerprint density at radius 3 is 2.54 bits per heavy atom. The van der Waals surface area contributed by atoms with E-state index in [2.05, 4.69) is 32.7 Å². The van der Waals surface area contributed by atoms with Crippen molar-refractivity contribution in [2.45, 2.75) is 6.54 Å². The first-order chi connectivity index (χ1) is 11.7. The van der Waals surface area contributed by atoms with Crippen molar-refractivity contribution in [3.63, 3.8) is 0 Å². The maximum absolute atomic E-state index is 6.13. The standard InChI is InChI=1S/C18H17ClN4O/c1-24-16-8-7-14(9-15(16)19)23-18-10-17(21-12-22-18)20-11-13-5-3-2-4-6-13/h2-10,12H,11H2,1H3,(H2,20,21,22,23). The largest absolute Gasteiger partial charge is 0.495 e. The minimum absolute atomic E-state index is 0.541. The number of nitrogens with zero attached hydrogens (tertiary/aromatic N) is 2. The third-order valence-corrected chi connectivity index (χ3v) is 3.70. The second kappa shape index (κ2) is 7.66. The highest BCUT2D eigenvalue weighted by Gasteiger charge is 2.04. The fourth-order valence-corrected chi connectivity index (χ4v) is 2.46. The summed E-state index contributed by atoms with van der Waals surface area (Å²) in [5, 5.41) is 7.02. The van der Waals surface area contributed by atoms with E-state index < -0.39 is 0 Å². The van der Waals surface area contributed by atoms with Crippen LogP contribution in [-0.4, -0.2) is 17.1 Å². The average Bonchev–Trinajstić information content (AvgIpc) is 2.61. The first-order valence-electron chi connectivity index (χ1n) is 7.45. The summed E-state index contributed by atoms with van der Waals surface area (Å²) in [5.74, 6) is 2.06. The van der Waals surface area contributed by atoms with Gasteiger partial charge in [-0.15, -0.1) is 0 Å². The number of halogens is 1. The Kier molecular flexibility index (Phi) is 5.13. The molecule has 1 aromatic heterocycles. The molecule has 2 aromatic carbocycles. The fraction of sp³-hybridized carbons (Fsp3) is 0.111. The lowest BCUT2D eigenvalue weighted by molar-refractivity contribution is 0.415. The quantitative estimate of drug-likeness (QED) is 0.692. The molecule has 3 aromatic rings. The lowest BCUT2D eigenvalue weighted by Crippen LogP contribution is -2.03. The van der Waals surface area contributed by atoms with Crippen LogP contribution in [0.5, 0.6) is 5.75 Å². The molecule has 0 spiro atoms. The zero-order valence-electron chi connectivity index (χ0n) is 13.2. The summed E-state index contributed by atoms with van der Waals surface area (Å²) in [6.07, 6.45) is 1.51. The minimum atomic E-state index is 0.541. The highest BCUT2D eigenvalue weighted by atomic mass is 35.5. The molecule has 5 nitrogen and oxygen atoms in total. The van der Waals surface area contributed by atoms with E-state index >= 15 is 0 Å². The van der Waals surface area contributed by atoms with Crippen LogP contribution in [0.25, 0.3) is 0 Å².